The summed E-state index contributed by atoms with van der Waals surface area (Å²) in [6, 6.07) is 1.93. The van der Waals surface area contributed by atoms with Crippen LogP contribution >= 0.6 is 0 Å². The normalized spacial score (nSPS) is 11.1. The molecule has 1 rings (SSSR count). The summed E-state index contributed by atoms with van der Waals surface area (Å²) in [5.41, 5.74) is 0.714. The van der Waals surface area contributed by atoms with Crippen LogP contribution in [0, 0.1) is 5.41 Å². The van der Waals surface area contributed by atoms with Gasteiger partial charge in [-0.2, -0.15) is 0 Å². The zero-order valence-corrected chi connectivity index (χ0v) is 10.9. The summed E-state index contributed by atoms with van der Waals surface area (Å²) in [6.07, 6.45) is 4.20. The summed E-state index contributed by atoms with van der Waals surface area (Å²) in [4.78, 5) is 15.7. The number of carbonyl (C=O) groups is 1. The Morgan fingerprint density at radius 3 is 2.71 bits per heavy atom. The lowest BCUT2D eigenvalue weighted by Crippen LogP contribution is -2.35. The fourth-order valence-electron chi connectivity index (χ4n) is 1.30. The number of aromatic nitrogens is 1. The highest BCUT2D eigenvalue weighted by Crippen LogP contribution is 2.13. The van der Waals surface area contributed by atoms with E-state index in [2.05, 4.69) is 10.3 Å². The van der Waals surface area contributed by atoms with E-state index in [9.17, 15) is 4.79 Å². The van der Waals surface area contributed by atoms with Crippen molar-refractivity contribution in [3.05, 3.63) is 24.0 Å². The molecule has 0 aliphatic carbocycles. The minimum atomic E-state index is -0.341. The van der Waals surface area contributed by atoms with Gasteiger partial charge in [-0.25, -0.2) is 0 Å². The molecule has 1 amide bonds. The number of hydrogen-bond donors (Lipinski definition) is 1. The number of methoxy groups -OCH3 is 1. The molecule has 0 saturated heterocycles. The maximum atomic E-state index is 11.6. The van der Waals surface area contributed by atoms with E-state index in [4.69, 9.17) is 4.74 Å². The van der Waals surface area contributed by atoms with Crippen LogP contribution in [0.2, 0.25) is 0 Å². The maximum absolute atomic E-state index is 11.6. The minimum Gasteiger partial charge on any atom is -0.495 e. The second-order valence-electron chi connectivity index (χ2n) is 4.99. The van der Waals surface area contributed by atoms with E-state index in [1.807, 2.05) is 26.8 Å². The van der Waals surface area contributed by atoms with Gasteiger partial charge >= 0.3 is 0 Å². The lowest BCUT2D eigenvalue weighted by atomic mass is 9.96. The number of nitrogens with one attached hydrogen (secondary N) is 1. The maximum Gasteiger partial charge on any atom is 0.225 e. The van der Waals surface area contributed by atoms with Gasteiger partial charge in [-0.05, 0) is 18.1 Å². The van der Waals surface area contributed by atoms with Gasteiger partial charge in [0.05, 0.1) is 13.3 Å². The molecule has 0 radical (unpaired) electrons. The molecule has 1 aromatic heterocycles. The lowest BCUT2D eigenvalue weighted by molar-refractivity contribution is -0.128. The van der Waals surface area contributed by atoms with Gasteiger partial charge in [-0.15, -0.1) is 0 Å². The summed E-state index contributed by atoms with van der Waals surface area (Å²) in [7, 11) is 1.61. The molecule has 4 nitrogen and oxygen atoms in total. The topological polar surface area (TPSA) is 51.2 Å². The minimum absolute atomic E-state index is 0.0633. The molecule has 0 saturated carbocycles. The molecule has 94 valence electrons. The summed E-state index contributed by atoms with van der Waals surface area (Å²) in [6.45, 7) is 6.31. The largest absolute Gasteiger partial charge is 0.495 e. The third-order valence-electron chi connectivity index (χ3n) is 2.39. The Morgan fingerprint density at radius 2 is 2.12 bits per heavy atom. The van der Waals surface area contributed by atoms with Gasteiger partial charge < -0.3 is 10.1 Å². The monoisotopic (exact) mass is 236 g/mol. The van der Waals surface area contributed by atoms with E-state index in [-0.39, 0.29) is 11.3 Å². The van der Waals surface area contributed by atoms with Crippen molar-refractivity contribution in [3.63, 3.8) is 0 Å². The molecule has 0 bridgehead atoms. The Kier molecular flexibility index (Phi) is 4.49. The van der Waals surface area contributed by atoms with Crippen molar-refractivity contribution in [2.45, 2.75) is 27.2 Å². The van der Waals surface area contributed by atoms with E-state index in [0.29, 0.717) is 6.54 Å². The van der Waals surface area contributed by atoms with Crippen molar-refractivity contribution in [3.8, 4) is 5.75 Å². The Hall–Kier alpha value is -1.58. The van der Waals surface area contributed by atoms with Crippen molar-refractivity contribution in [2.24, 2.45) is 5.41 Å². The van der Waals surface area contributed by atoms with Crippen LogP contribution in [0.5, 0.6) is 5.75 Å². The van der Waals surface area contributed by atoms with Gasteiger partial charge in [-0.1, -0.05) is 20.8 Å². The van der Waals surface area contributed by atoms with Gasteiger partial charge in [0, 0.05) is 18.2 Å². The third-order valence-corrected chi connectivity index (χ3v) is 2.39. The van der Waals surface area contributed by atoms with Crippen LogP contribution in [0.3, 0.4) is 0 Å². The van der Waals surface area contributed by atoms with E-state index >= 15 is 0 Å². The standard InChI is InChI=1S/C13H20N2O2/c1-13(2,3)12(16)15-6-5-10-7-11(17-4)9-14-8-10/h7-9H,5-6H2,1-4H3,(H,15,16). The second kappa shape index (κ2) is 5.66. The molecule has 1 heterocycles. The molecular formula is C13H20N2O2. The van der Waals surface area contributed by atoms with E-state index in [0.717, 1.165) is 17.7 Å². The van der Waals surface area contributed by atoms with Crippen LogP contribution in [0.1, 0.15) is 26.3 Å². The van der Waals surface area contributed by atoms with Gasteiger partial charge in [0.2, 0.25) is 5.91 Å². The van der Waals surface area contributed by atoms with Crippen LogP contribution < -0.4 is 10.1 Å². The highest BCUT2D eigenvalue weighted by molar-refractivity contribution is 5.81. The number of amides is 1. The molecular weight excluding hydrogens is 216 g/mol. The first-order valence-electron chi connectivity index (χ1n) is 5.69. The first-order valence-corrected chi connectivity index (χ1v) is 5.69. The van der Waals surface area contributed by atoms with Gasteiger partial charge in [0.1, 0.15) is 5.75 Å². The van der Waals surface area contributed by atoms with Crippen LogP contribution in [0.25, 0.3) is 0 Å². The number of nitrogens with zero attached hydrogens (tertiary/aromatic N) is 1. The summed E-state index contributed by atoms with van der Waals surface area (Å²) < 4.78 is 5.09. The average Bonchev–Trinajstić information content (AvgIpc) is 2.28. The predicted molar refractivity (Wildman–Crippen MR) is 67.0 cm³/mol. The Balaban J connectivity index is 2.43. The Labute approximate surface area is 102 Å². The van der Waals surface area contributed by atoms with Crippen LogP contribution in [0.15, 0.2) is 18.5 Å². The first-order chi connectivity index (χ1) is 7.93. The fourth-order valence-corrected chi connectivity index (χ4v) is 1.30. The van der Waals surface area contributed by atoms with Crippen molar-refractivity contribution in [1.29, 1.82) is 0 Å². The molecule has 0 atom stereocenters. The molecule has 0 aliphatic heterocycles. The molecule has 1 N–H and O–H groups in total. The average molecular weight is 236 g/mol. The number of ether oxygens (including phenoxy) is 1. The van der Waals surface area contributed by atoms with Crippen LogP contribution in [-0.4, -0.2) is 24.5 Å². The molecule has 0 fully saturated rings. The lowest BCUT2D eigenvalue weighted by Gasteiger charge is -2.17. The van der Waals surface area contributed by atoms with Crippen molar-refractivity contribution < 1.29 is 9.53 Å². The SMILES string of the molecule is COc1cncc(CCNC(=O)C(C)(C)C)c1. The van der Waals surface area contributed by atoms with Gasteiger partial charge in [0.25, 0.3) is 0 Å². The third kappa shape index (κ3) is 4.43. The predicted octanol–water partition coefficient (Wildman–Crippen LogP) is 1.79. The van der Waals surface area contributed by atoms with Crippen LogP contribution in [0.4, 0.5) is 0 Å². The number of carbonyl (C=O) groups excluding carboxylic acids is 1. The zero-order valence-electron chi connectivity index (χ0n) is 10.9. The van der Waals surface area contributed by atoms with E-state index in [1.165, 1.54) is 0 Å². The highest BCUT2D eigenvalue weighted by Gasteiger charge is 2.20. The second-order valence-corrected chi connectivity index (χ2v) is 4.99. The number of rotatable bonds is 4. The fraction of sp³-hybridized carbons (Fsp3) is 0.538. The Morgan fingerprint density at radius 1 is 1.41 bits per heavy atom. The van der Waals surface area contributed by atoms with Gasteiger partial charge in [0.15, 0.2) is 0 Å². The molecule has 4 heteroatoms. The molecule has 0 unspecified atom stereocenters. The molecule has 1 aromatic rings. The van der Waals surface area contributed by atoms with E-state index in [1.54, 1.807) is 19.5 Å². The highest BCUT2D eigenvalue weighted by atomic mass is 16.5. The number of hydrogen-bond acceptors (Lipinski definition) is 3. The smallest absolute Gasteiger partial charge is 0.225 e. The van der Waals surface area contributed by atoms with Gasteiger partial charge in [-0.3, -0.25) is 9.78 Å². The summed E-state index contributed by atoms with van der Waals surface area (Å²) in [5.74, 6) is 0.804. The zero-order chi connectivity index (χ0) is 12.9. The van der Waals surface area contributed by atoms with Crippen LogP contribution in [-0.2, 0) is 11.2 Å². The van der Waals surface area contributed by atoms with E-state index < -0.39 is 0 Å². The molecule has 0 spiro atoms. The number of pyridine rings is 1. The first kappa shape index (κ1) is 13.5. The molecule has 0 aliphatic rings. The Bertz CT molecular complexity index is 383. The van der Waals surface area contributed by atoms with Crippen molar-refractivity contribution >= 4 is 5.91 Å². The van der Waals surface area contributed by atoms with Crippen molar-refractivity contribution in [2.75, 3.05) is 13.7 Å². The quantitative estimate of drug-likeness (QED) is 0.867. The molecule has 17 heavy (non-hydrogen) atoms. The van der Waals surface area contributed by atoms with Crippen molar-refractivity contribution in [1.82, 2.24) is 10.3 Å². The molecule has 0 aromatic carbocycles. The summed E-state index contributed by atoms with van der Waals surface area (Å²) >= 11 is 0. The summed E-state index contributed by atoms with van der Waals surface area (Å²) in [5, 5.41) is 2.90.